The van der Waals surface area contributed by atoms with Crippen molar-refractivity contribution in [2.75, 3.05) is 4.90 Å². The van der Waals surface area contributed by atoms with Crippen LogP contribution < -0.4 is 10.3 Å². The fourth-order valence-corrected chi connectivity index (χ4v) is 5.65. The minimum atomic E-state index is -0.675. The van der Waals surface area contributed by atoms with Crippen molar-refractivity contribution in [2.45, 2.75) is 52.5 Å². The summed E-state index contributed by atoms with van der Waals surface area (Å²) in [6.07, 6.45) is 0.761. The van der Waals surface area contributed by atoms with Crippen LogP contribution >= 0.6 is 22.9 Å². The summed E-state index contributed by atoms with van der Waals surface area (Å²) in [5, 5.41) is 10.7. The van der Waals surface area contributed by atoms with Crippen LogP contribution in [0.4, 0.5) is 5.13 Å². The van der Waals surface area contributed by atoms with Crippen molar-refractivity contribution in [1.82, 2.24) is 10.2 Å². The first kappa shape index (κ1) is 23.7. The lowest BCUT2D eigenvalue weighted by Crippen LogP contribution is -2.29. The molecule has 6 nitrogen and oxygen atoms in total. The number of carbonyl (C=O) groups is 1. The molecule has 5 rings (SSSR count). The summed E-state index contributed by atoms with van der Waals surface area (Å²) in [6.45, 7) is 10.6. The molecule has 3 heterocycles. The van der Waals surface area contributed by atoms with E-state index in [1.807, 2.05) is 24.3 Å². The summed E-state index contributed by atoms with van der Waals surface area (Å²) in [5.74, 6) is 0.0442. The highest BCUT2D eigenvalue weighted by Gasteiger charge is 2.45. The third-order valence-electron chi connectivity index (χ3n) is 6.17. The Kier molecular flexibility index (Phi) is 5.80. The number of hydrogen-bond acceptors (Lipinski definition) is 6. The Hall–Kier alpha value is -3.03. The molecule has 1 amide bonds. The standard InChI is InChI=1S/C27H26ClN3O3S/c1-14(2)12-20-29-30-26(35-20)31-22(15-6-8-16(9-7-15)27(3,4)5)21-23(32)18-13-17(28)10-11-19(18)34-24(21)25(31)33/h6-11,13-14,22H,12H2,1-5H3. The van der Waals surface area contributed by atoms with E-state index >= 15 is 0 Å². The Bertz CT molecular complexity index is 1500. The minimum Gasteiger partial charge on any atom is -0.450 e. The number of fused-ring (bicyclic) bond motifs is 2. The van der Waals surface area contributed by atoms with E-state index in [0.717, 1.165) is 22.6 Å². The Balaban J connectivity index is 1.72. The van der Waals surface area contributed by atoms with Gasteiger partial charge in [-0.1, -0.05) is 81.8 Å². The summed E-state index contributed by atoms with van der Waals surface area (Å²) in [7, 11) is 0. The van der Waals surface area contributed by atoms with E-state index in [4.69, 9.17) is 16.0 Å². The highest BCUT2D eigenvalue weighted by atomic mass is 35.5. The molecule has 1 unspecified atom stereocenters. The Labute approximate surface area is 212 Å². The summed E-state index contributed by atoms with van der Waals surface area (Å²) in [4.78, 5) is 29.0. The summed E-state index contributed by atoms with van der Waals surface area (Å²) >= 11 is 7.55. The molecule has 2 aromatic carbocycles. The Morgan fingerprint density at radius 1 is 1.09 bits per heavy atom. The highest BCUT2D eigenvalue weighted by molar-refractivity contribution is 7.15. The van der Waals surface area contributed by atoms with Crippen LogP contribution in [-0.4, -0.2) is 16.1 Å². The third kappa shape index (κ3) is 4.17. The maximum absolute atomic E-state index is 13.7. The number of nitrogens with zero attached hydrogens (tertiary/aromatic N) is 3. The molecule has 0 saturated heterocycles. The van der Waals surface area contributed by atoms with Gasteiger partial charge in [-0.25, -0.2) is 0 Å². The molecule has 35 heavy (non-hydrogen) atoms. The maximum Gasteiger partial charge on any atom is 0.297 e. The predicted octanol–water partition coefficient (Wildman–Crippen LogP) is 6.54. The molecule has 180 valence electrons. The summed E-state index contributed by atoms with van der Waals surface area (Å²) < 4.78 is 6.01. The van der Waals surface area contributed by atoms with Gasteiger partial charge < -0.3 is 4.42 Å². The molecule has 0 saturated carbocycles. The van der Waals surface area contributed by atoms with E-state index in [-0.39, 0.29) is 16.6 Å². The van der Waals surface area contributed by atoms with Crippen molar-refractivity contribution in [3.8, 4) is 0 Å². The van der Waals surface area contributed by atoms with Crippen LogP contribution in [0.1, 0.15) is 72.9 Å². The largest absolute Gasteiger partial charge is 0.450 e. The zero-order valence-electron chi connectivity index (χ0n) is 20.3. The van der Waals surface area contributed by atoms with Gasteiger partial charge in [0.05, 0.1) is 17.0 Å². The second-order valence-corrected chi connectivity index (χ2v) is 11.8. The molecule has 2 aromatic heterocycles. The predicted molar refractivity (Wildman–Crippen MR) is 140 cm³/mol. The van der Waals surface area contributed by atoms with Gasteiger partial charge in [-0.2, -0.15) is 0 Å². The van der Waals surface area contributed by atoms with Crippen LogP contribution in [-0.2, 0) is 11.8 Å². The van der Waals surface area contributed by atoms with E-state index in [0.29, 0.717) is 32.6 Å². The van der Waals surface area contributed by atoms with Gasteiger partial charge in [-0.05, 0) is 40.7 Å². The van der Waals surface area contributed by atoms with Gasteiger partial charge >= 0.3 is 0 Å². The first-order valence-electron chi connectivity index (χ1n) is 11.6. The molecular weight excluding hydrogens is 482 g/mol. The van der Waals surface area contributed by atoms with Gasteiger partial charge in [0, 0.05) is 11.4 Å². The molecule has 1 aliphatic heterocycles. The number of carbonyl (C=O) groups excluding carboxylic acids is 1. The first-order valence-corrected chi connectivity index (χ1v) is 12.8. The Morgan fingerprint density at radius 2 is 1.80 bits per heavy atom. The van der Waals surface area contributed by atoms with Crippen LogP contribution in [0.15, 0.2) is 51.7 Å². The molecule has 0 bridgehead atoms. The minimum absolute atomic E-state index is 0.0292. The molecule has 0 N–H and O–H groups in total. The van der Waals surface area contributed by atoms with E-state index in [1.165, 1.54) is 11.3 Å². The molecule has 0 aliphatic carbocycles. The SMILES string of the molecule is CC(C)Cc1nnc(N2C(=O)c3oc4ccc(Cl)cc4c(=O)c3C2c2ccc(C(C)(C)C)cc2)s1. The molecule has 1 atom stereocenters. The molecule has 8 heteroatoms. The fraction of sp³-hybridized carbons (Fsp3) is 0.333. The zero-order chi connectivity index (χ0) is 25.1. The van der Waals surface area contributed by atoms with E-state index in [1.54, 1.807) is 23.1 Å². The smallest absolute Gasteiger partial charge is 0.297 e. The number of hydrogen-bond donors (Lipinski definition) is 0. The van der Waals surface area contributed by atoms with Crippen molar-refractivity contribution >= 4 is 44.9 Å². The number of amides is 1. The van der Waals surface area contributed by atoms with Gasteiger partial charge in [0.2, 0.25) is 10.9 Å². The average molecular weight is 508 g/mol. The lowest BCUT2D eigenvalue weighted by Gasteiger charge is -2.24. The topological polar surface area (TPSA) is 76.3 Å². The van der Waals surface area contributed by atoms with Crippen molar-refractivity contribution in [3.63, 3.8) is 0 Å². The second-order valence-electron chi connectivity index (χ2n) is 10.3. The van der Waals surface area contributed by atoms with Crippen LogP contribution in [0.2, 0.25) is 5.02 Å². The number of halogens is 1. The van der Waals surface area contributed by atoms with Crippen LogP contribution in [0, 0.1) is 5.92 Å². The van der Waals surface area contributed by atoms with Gasteiger partial charge in [0.1, 0.15) is 10.6 Å². The lowest BCUT2D eigenvalue weighted by molar-refractivity contribution is 0.0970. The average Bonchev–Trinajstić information content (AvgIpc) is 3.35. The molecule has 4 aromatic rings. The van der Waals surface area contributed by atoms with Crippen LogP contribution in [0.25, 0.3) is 11.0 Å². The Morgan fingerprint density at radius 3 is 2.46 bits per heavy atom. The zero-order valence-corrected chi connectivity index (χ0v) is 21.8. The molecule has 0 radical (unpaired) electrons. The number of anilines is 1. The number of aromatic nitrogens is 2. The van der Waals surface area contributed by atoms with Crippen molar-refractivity contribution in [1.29, 1.82) is 0 Å². The van der Waals surface area contributed by atoms with Crippen LogP contribution in [0.5, 0.6) is 0 Å². The van der Waals surface area contributed by atoms with Gasteiger partial charge in [-0.3, -0.25) is 14.5 Å². The molecule has 1 aliphatic rings. The van der Waals surface area contributed by atoms with Crippen molar-refractivity contribution < 1.29 is 9.21 Å². The van der Waals surface area contributed by atoms with E-state index in [9.17, 15) is 9.59 Å². The van der Waals surface area contributed by atoms with Crippen LogP contribution in [0.3, 0.4) is 0 Å². The van der Waals surface area contributed by atoms with Gasteiger partial charge in [0.25, 0.3) is 5.91 Å². The molecule has 0 spiro atoms. The maximum atomic E-state index is 13.7. The van der Waals surface area contributed by atoms with E-state index in [2.05, 4.69) is 44.8 Å². The van der Waals surface area contributed by atoms with Gasteiger partial charge in [-0.15, -0.1) is 10.2 Å². The molecule has 0 fully saturated rings. The quantitative estimate of drug-likeness (QED) is 0.313. The second kappa shape index (κ2) is 8.57. The monoisotopic (exact) mass is 507 g/mol. The highest BCUT2D eigenvalue weighted by Crippen LogP contribution is 2.42. The van der Waals surface area contributed by atoms with Crippen molar-refractivity contribution in [2.24, 2.45) is 5.92 Å². The summed E-state index contributed by atoms with van der Waals surface area (Å²) in [6, 6.07) is 12.2. The van der Waals surface area contributed by atoms with E-state index < -0.39 is 11.9 Å². The van der Waals surface area contributed by atoms with Crippen molar-refractivity contribution in [3.05, 3.63) is 85.2 Å². The fourth-order valence-electron chi connectivity index (χ4n) is 4.40. The van der Waals surface area contributed by atoms with Gasteiger partial charge in [0.15, 0.2) is 5.43 Å². The molecular formula is C27H26ClN3O3S. The normalized spacial score (nSPS) is 15.9. The number of rotatable bonds is 4. The third-order valence-corrected chi connectivity index (χ3v) is 7.35. The number of benzene rings is 2. The first-order chi connectivity index (χ1) is 16.5. The lowest BCUT2D eigenvalue weighted by atomic mass is 9.86. The summed E-state index contributed by atoms with van der Waals surface area (Å²) in [5.41, 5.74) is 2.29.